The lowest BCUT2D eigenvalue weighted by molar-refractivity contribution is -0.245. The molecule has 0 fully saturated rings. The van der Waals surface area contributed by atoms with Gasteiger partial charge in [0, 0.05) is 5.41 Å². The zero-order valence-electron chi connectivity index (χ0n) is 15.8. The molecule has 0 aromatic heterocycles. The average Bonchev–Trinajstić information content (AvgIpc) is 2.69. The molecule has 0 rings (SSSR count). The summed E-state index contributed by atoms with van der Waals surface area (Å²) in [4.78, 5) is 0. The first-order chi connectivity index (χ1) is 12.8. The van der Waals surface area contributed by atoms with Gasteiger partial charge >= 0.3 is 0 Å². The van der Waals surface area contributed by atoms with Crippen molar-refractivity contribution in [1.82, 2.24) is 0 Å². The number of hydrogen-bond acceptors (Lipinski definition) is 11. The minimum absolute atomic E-state index is 0.213. The van der Waals surface area contributed by atoms with Gasteiger partial charge in [0.1, 0.15) is 12.2 Å². The minimum atomic E-state index is -1.16. The van der Waals surface area contributed by atoms with Crippen LogP contribution >= 0.6 is 0 Å². The first-order valence-corrected chi connectivity index (χ1v) is 8.65. The maximum atomic E-state index is 9.97. The van der Waals surface area contributed by atoms with Crippen molar-refractivity contribution >= 4 is 0 Å². The first kappa shape index (κ1) is 26.6. The maximum absolute atomic E-state index is 9.97. The highest BCUT2D eigenvalue weighted by Gasteiger charge is 2.29. The van der Waals surface area contributed by atoms with E-state index in [1.807, 2.05) is 0 Å². The van der Waals surface area contributed by atoms with E-state index < -0.39 is 69.3 Å². The smallest absolute Gasteiger partial charge is 0.181 e. The number of aliphatic hydroxyl groups excluding tert-OH is 7. The number of hydrogen-bond donors (Lipinski definition) is 7. The zero-order valence-corrected chi connectivity index (χ0v) is 15.8. The van der Waals surface area contributed by atoms with Gasteiger partial charge in [0.15, 0.2) is 12.6 Å². The van der Waals surface area contributed by atoms with E-state index in [4.69, 9.17) is 29.2 Å². The summed E-state index contributed by atoms with van der Waals surface area (Å²) < 4.78 is 20.9. The standard InChI is InChI=1S/C16H34O11/c1-16(2,10-22)13(23)9-25-15(7-21)27-12(5-19)8-24-14(6-20)26-11(3-17)4-18/h11-15,17-23H,3-10H2,1-2H3/t12?,13?,14-,15-/m0/s1. The Balaban J connectivity index is 4.48. The van der Waals surface area contributed by atoms with Gasteiger partial charge in [0.05, 0.1) is 59.0 Å². The van der Waals surface area contributed by atoms with Crippen molar-refractivity contribution in [2.45, 2.75) is 44.7 Å². The molecule has 27 heavy (non-hydrogen) atoms. The predicted molar refractivity (Wildman–Crippen MR) is 91.5 cm³/mol. The van der Waals surface area contributed by atoms with Gasteiger partial charge in [0.25, 0.3) is 0 Å². The highest BCUT2D eigenvalue weighted by atomic mass is 16.7. The quantitative estimate of drug-likeness (QED) is 0.122. The molecule has 11 heteroatoms. The Bertz CT molecular complexity index is 351. The lowest BCUT2D eigenvalue weighted by Crippen LogP contribution is -2.41. The van der Waals surface area contributed by atoms with E-state index in [1.54, 1.807) is 13.8 Å². The Hall–Kier alpha value is -0.440. The van der Waals surface area contributed by atoms with E-state index in [0.29, 0.717) is 0 Å². The molecule has 7 N–H and O–H groups in total. The van der Waals surface area contributed by atoms with Crippen molar-refractivity contribution in [2.24, 2.45) is 5.41 Å². The molecule has 0 spiro atoms. The van der Waals surface area contributed by atoms with E-state index in [2.05, 4.69) is 0 Å². The molecule has 0 heterocycles. The van der Waals surface area contributed by atoms with Crippen LogP contribution < -0.4 is 0 Å². The fourth-order valence-corrected chi connectivity index (χ4v) is 1.72. The second kappa shape index (κ2) is 14.5. The summed E-state index contributed by atoms with van der Waals surface area (Å²) in [5, 5.41) is 65.0. The summed E-state index contributed by atoms with van der Waals surface area (Å²) in [6, 6.07) is 0. The lowest BCUT2D eigenvalue weighted by atomic mass is 9.88. The third kappa shape index (κ3) is 10.6. The topological polar surface area (TPSA) is 179 Å². The normalized spacial score (nSPS) is 17.1. The molecule has 0 aliphatic carbocycles. The summed E-state index contributed by atoms with van der Waals surface area (Å²) in [5.41, 5.74) is -0.804. The predicted octanol–water partition coefficient (Wildman–Crippen LogP) is -3.22. The molecule has 0 aromatic carbocycles. The molecule has 0 amide bonds. The van der Waals surface area contributed by atoms with Crippen LogP contribution in [-0.2, 0) is 18.9 Å². The van der Waals surface area contributed by atoms with Crippen molar-refractivity contribution in [3.8, 4) is 0 Å². The molecule has 0 radical (unpaired) electrons. The zero-order chi connectivity index (χ0) is 20.9. The number of aliphatic hydroxyl groups is 7. The van der Waals surface area contributed by atoms with Crippen LogP contribution in [0.5, 0.6) is 0 Å². The van der Waals surface area contributed by atoms with Crippen LogP contribution in [0.1, 0.15) is 13.8 Å². The Morgan fingerprint density at radius 1 is 0.667 bits per heavy atom. The molecule has 0 aliphatic rings. The van der Waals surface area contributed by atoms with Crippen molar-refractivity contribution in [3.05, 3.63) is 0 Å². The highest BCUT2D eigenvalue weighted by molar-refractivity contribution is 4.76. The van der Waals surface area contributed by atoms with Crippen LogP contribution in [0.3, 0.4) is 0 Å². The molecular formula is C16H34O11. The van der Waals surface area contributed by atoms with E-state index in [9.17, 15) is 25.5 Å². The Kier molecular flexibility index (Phi) is 14.3. The van der Waals surface area contributed by atoms with E-state index in [-0.39, 0.29) is 19.8 Å². The molecule has 4 atom stereocenters. The molecule has 0 saturated heterocycles. The number of rotatable bonds is 17. The van der Waals surface area contributed by atoms with Crippen LogP contribution in [0.15, 0.2) is 0 Å². The van der Waals surface area contributed by atoms with E-state index in [0.717, 1.165) is 0 Å². The lowest BCUT2D eigenvalue weighted by Gasteiger charge is -2.30. The van der Waals surface area contributed by atoms with Gasteiger partial charge in [-0.05, 0) is 0 Å². The monoisotopic (exact) mass is 402 g/mol. The summed E-state index contributed by atoms with van der Waals surface area (Å²) in [6.45, 7) is 0.0170. The molecule has 0 saturated carbocycles. The maximum Gasteiger partial charge on any atom is 0.181 e. The van der Waals surface area contributed by atoms with Crippen molar-refractivity contribution in [3.63, 3.8) is 0 Å². The fraction of sp³-hybridized carbons (Fsp3) is 1.00. The molecular weight excluding hydrogens is 368 g/mol. The Labute approximate surface area is 158 Å². The molecule has 0 aromatic rings. The van der Waals surface area contributed by atoms with Crippen molar-refractivity contribution in [2.75, 3.05) is 52.9 Å². The van der Waals surface area contributed by atoms with Crippen molar-refractivity contribution in [1.29, 1.82) is 0 Å². The third-order valence-electron chi connectivity index (χ3n) is 3.82. The molecule has 0 aliphatic heterocycles. The van der Waals surface area contributed by atoms with E-state index >= 15 is 0 Å². The van der Waals surface area contributed by atoms with Gasteiger partial charge < -0.3 is 54.7 Å². The molecule has 0 bridgehead atoms. The second-order valence-electron chi connectivity index (χ2n) is 6.62. The van der Waals surface area contributed by atoms with Crippen LogP contribution in [-0.4, -0.2) is 119 Å². The fourth-order valence-electron chi connectivity index (χ4n) is 1.72. The largest absolute Gasteiger partial charge is 0.396 e. The van der Waals surface area contributed by atoms with Gasteiger partial charge in [0.2, 0.25) is 0 Å². The van der Waals surface area contributed by atoms with Gasteiger partial charge in [-0.15, -0.1) is 0 Å². The van der Waals surface area contributed by atoms with Crippen LogP contribution in [0.4, 0.5) is 0 Å². The molecule has 11 nitrogen and oxygen atoms in total. The van der Waals surface area contributed by atoms with Crippen LogP contribution in [0.2, 0.25) is 0 Å². The SMILES string of the molecule is CC(C)(CO)C(O)CO[C@H](CO)OC(CO)CO[C@H](CO)OC(CO)CO. The molecule has 164 valence electrons. The van der Waals surface area contributed by atoms with Crippen LogP contribution in [0, 0.1) is 5.41 Å². The second-order valence-corrected chi connectivity index (χ2v) is 6.62. The van der Waals surface area contributed by atoms with Gasteiger partial charge in [-0.25, -0.2) is 0 Å². The summed E-state index contributed by atoms with van der Waals surface area (Å²) in [5.74, 6) is 0. The summed E-state index contributed by atoms with van der Waals surface area (Å²) in [6.07, 6.45) is -5.20. The third-order valence-corrected chi connectivity index (χ3v) is 3.82. The summed E-state index contributed by atoms with van der Waals surface area (Å²) >= 11 is 0. The van der Waals surface area contributed by atoms with E-state index in [1.165, 1.54) is 0 Å². The Morgan fingerprint density at radius 3 is 1.52 bits per heavy atom. The van der Waals surface area contributed by atoms with Crippen LogP contribution in [0.25, 0.3) is 0 Å². The molecule has 2 unspecified atom stereocenters. The number of ether oxygens (including phenoxy) is 4. The summed E-state index contributed by atoms with van der Waals surface area (Å²) in [7, 11) is 0. The average molecular weight is 402 g/mol. The first-order valence-electron chi connectivity index (χ1n) is 8.65. The van der Waals surface area contributed by atoms with Gasteiger partial charge in [-0.3, -0.25) is 0 Å². The van der Waals surface area contributed by atoms with Gasteiger partial charge in [-0.1, -0.05) is 13.8 Å². The highest BCUT2D eigenvalue weighted by Crippen LogP contribution is 2.20. The van der Waals surface area contributed by atoms with Gasteiger partial charge in [-0.2, -0.15) is 0 Å². The van der Waals surface area contributed by atoms with Crippen molar-refractivity contribution < 1.29 is 54.7 Å². The Morgan fingerprint density at radius 2 is 1.11 bits per heavy atom. The minimum Gasteiger partial charge on any atom is -0.396 e.